The zero-order valence-corrected chi connectivity index (χ0v) is 14.3. The number of hydrogen-bond acceptors (Lipinski definition) is 4. The van der Waals surface area contributed by atoms with Gasteiger partial charge in [0.05, 0.1) is 5.25 Å². The Morgan fingerprint density at radius 2 is 2.24 bits per heavy atom. The van der Waals surface area contributed by atoms with E-state index in [0.717, 1.165) is 18.8 Å². The maximum atomic E-state index is 4.99. The third kappa shape index (κ3) is 3.42. The molecule has 1 fully saturated rings. The molecule has 0 saturated carbocycles. The summed E-state index contributed by atoms with van der Waals surface area (Å²) in [5, 5.41) is 4.13. The average Bonchev–Trinajstić information content (AvgIpc) is 2.46. The van der Waals surface area contributed by atoms with Gasteiger partial charge in [0.25, 0.3) is 0 Å². The summed E-state index contributed by atoms with van der Waals surface area (Å²) < 4.78 is 0. The fourth-order valence-electron chi connectivity index (χ4n) is 3.59. The zero-order valence-electron chi connectivity index (χ0n) is 13.5. The van der Waals surface area contributed by atoms with E-state index in [9.17, 15) is 0 Å². The molecule has 0 radical (unpaired) electrons. The van der Waals surface area contributed by atoms with Gasteiger partial charge in [0.1, 0.15) is 5.82 Å². The summed E-state index contributed by atoms with van der Waals surface area (Å²) in [5.74, 6) is 2.34. The summed E-state index contributed by atoms with van der Waals surface area (Å²) in [6.45, 7) is 7.89. The first-order chi connectivity index (χ1) is 10.1. The quantitative estimate of drug-likeness (QED) is 0.914. The van der Waals surface area contributed by atoms with Gasteiger partial charge < -0.3 is 5.32 Å². The van der Waals surface area contributed by atoms with Crippen molar-refractivity contribution in [2.75, 3.05) is 12.3 Å². The molecule has 1 aromatic rings. The Bertz CT molecular complexity index is 495. The largest absolute Gasteiger partial charge is 0.310 e. The minimum atomic E-state index is 0.325. The topological polar surface area (TPSA) is 37.8 Å². The van der Waals surface area contributed by atoms with Gasteiger partial charge in [-0.1, -0.05) is 27.2 Å². The van der Waals surface area contributed by atoms with Crippen LogP contribution in [0.2, 0.25) is 0 Å². The lowest BCUT2D eigenvalue weighted by Gasteiger charge is -2.37. The maximum Gasteiger partial charge on any atom is 0.141 e. The average molecular weight is 305 g/mol. The van der Waals surface area contributed by atoms with Gasteiger partial charge >= 0.3 is 0 Å². The minimum Gasteiger partial charge on any atom is -0.310 e. The molecule has 0 amide bonds. The van der Waals surface area contributed by atoms with Gasteiger partial charge in [-0.25, -0.2) is 9.97 Å². The molecule has 1 aromatic heterocycles. The number of aromatic nitrogens is 2. The van der Waals surface area contributed by atoms with Crippen LogP contribution in [0, 0.1) is 5.41 Å². The molecular formula is C17H27N3S. The third-order valence-corrected chi connectivity index (χ3v) is 5.99. The van der Waals surface area contributed by atoms with Crippen LogP contribution < -0.4 is 5.32 Å². The van der Waals surface area contributed by atoms with E-state index in [1.54, 1.807) is 0 Å². The standard InChI is InChI=1S/C17H27N3S/c1-4-18-13-9-17(2,3)10-14-12(13)11-19-16(20-14)15-7-5-6-8-21-15/h11,13,15,18H,4-10H2,1-3H3. The number of thioether (sulfide) groups is 1. The summed E-state index contributed by atoms with van der Waals surface area (Å²) in [6, 6.07) is 0.418. The summed E-state index contributed by atoms with van der Waals surface area (Å²) in [4.78, 5) is 9.72. The molecule has 0 aromatic carbocycles. The first kappa shape index (κ1) is 15.3. The monoisotopic (exact) mass is 305 g/mol. The molecule has 2 unspecified atom stereocenters. The molecule has 2 atom stereocenters. The maximum absolute atomic E-state index is 4.99. The van der Waals surface area contributed by atoms with Crippen LogP contribution in [0.1, 0.15) is 74.8 Å². The highest BCUT2D eigenvalue weighted by Gasteiger charge is 2.33. The first-order valence-corrected chi connectivity index (χ1v) is 9.34. The Balaban J connectivity index is 1.89. The van der Waals surface area contributed by atoms with Gasteiger partial charge in [0.15, 0.2) is 0 Å². The van der Waals surface area contributed by atoms with Gasteiger partial charge in [-0.05, 0) is 43.4 Å². The molecule has 21 heavy (non-hydrogen) atoms. The molecule has 4 heteroatoms. The Morgan fingerprint density at radius 3 is 2.95 bits per heavy atom. The Hall–Kier alpha value is -0.610. The van der Waals surface area contributed by atoms with E-state index in [1.807, 2.05) is 11.8 Å². The van der Waals surface area contributed by atoms with E-state index in [1.165, 1.54) is 42.7 Å². The molecule has 1 aliphatic carbocycles. The molecular weight excluding hydrogens is 278 g/mol. The predicted molar refractivity (Wildman–Crippen MR) is 89.6 cm³/mol. The van der Waals surface area contributed by atoms with Crippen LogP contribution >= 0.6 is 11.8 Å². The van der Waals surface area contributed by atoms with Crippen molar-refractivity contribution in [3.8, 4) is 0 Å². The van der Waals surface area contributed by atoms with E-state index in [4.69, 9.17) is 9.97 Å². The molecule has 0 bridgehead atoms. The number of hydrogen-bond donors (Lipinski definition) is 1. The van der Waals surface area contributed by atoms with Crippen molar-refractivity contribution in [1.82, 2.24) is 15.3 Å². The van der Waals surface area contributed by atoms with E-state index in [-0.39, 0.29) is 0 Å². The smallest absolute Gasteiger partial charge is 0.141 e. The van der Waals surface area contributed by atoms with Crippen LogP contribution in [0.3, 0.4) is 0 Å². The van der Waals surface area contributed by atoms with Crippen molar-refractivity contribution in [3.05, 3.63) is 23.3 Å². The van der Waals surface area contributed by atoms with Crippen LogP contribution in [0.25, 0.3) is 0 Å². The van der Waals surface area contributed by atoms with Gasteiger partial charge in [-0.15, -0.1) is 0 Å². The summed E-state index contributed by atoms with van der Waals surface area (Å²) >= 11 is 2.04. The fraction of sp³-hybridized carbons (Fsp3) is 0.765. The van der Waals surface area contributed by atoms with Crippen LogP contribution in [-0.4, -0.2) is 22.3 Å². The van der Waals surface area contributed by atoms with Crippen molar-refractivity contribution >= 4 is 11.8 Å². The second kappa shape index (κ2) is 6.25. The summed E-state index contributed by atoms with van der Waals surface area (Å²) in [6.07, 6.45) is 8.27. The molecule has 0 spiro atoms. The highest BCUT2D eigenvalue weighted by atomic mass is 32.2. The van der Waals surface area contributed by atoms with Crippen molar-refractivity contribution in [1.29, 1.82) is 0 Å². The van der Waals surface area contributed by atoms with Gasteiger partial charge in [0.2, 0.25) is 0 Å². The summed E-state index contributed by atoms with van der Waals surface area (Å²) in [7, 11) is 0. The SMILES string of the molecule is CCNC1CC(C)(C)Cc2nc(C3CCCCS3)ncc21. The van der Waals surface area contributed by atoms with Gasteiger partial charge in [0, 0.05) is 23.5 Å². The van der Waals surface area contributed by atoms with Crippen LogP contribution in [0.5, 0.6) is 0 Å². The van der Waals surface area contributed by atoms with E-state index >= 15 is 0 Å². The van der Waals surface area contributed by atoms with Crippen molar-refractivity contribution < 1.29 is 0 Å². The number of nitrogens with zero attached hydrogens (tertiary/aromatic N) is 2. The van der Waals surface area contributed by atoms with Crippen molar-refractivity contribution in [2.45, 2.75) is 64.2 Å². The number of rotatable bonds is 3. The highest BCUT2D eigenvalue weighted by Crippen LogP contribution is 2.41. The normalized spacial score (nSPS) is 28.1. The second-order valence-electron chi connectivity index (χ2n) is 7.14. The molecule has 1 N–H and O–H groups in total. The molecule has 2 aliphatic rings. The zero-order chi connectivity index (χ0) is 14.9. The lowest BCUT2D eigenvalue weighted by atomic mass is 9.74. The van der Waals surface area contributed by atoms with E-state index < -0.39 is 0 Å². The Kier molecular flexibility index (Phi) is 4.55. The number of nitrogens with one attached hydrogen (secondary N) is 1. The van der Waals surface area contributed by atoms with Gasteiger partial charge in [-0.3, -0.25) is 0 Å². The molecule has 116 valence electrons. The minimum absolute atomic E-state index is 0.325. The molecule has 2 heterocycles. The second-order valence-corrected chi connectivity index (χ2v) is 8.45. The van der Waals surface area contributed by atoms with Crippen molar-refractivity contribution in [3.63, 3.8) is 0 Å². The Morgan fingerprint density at radius 1 is 1.38 bits per heavy atom. The van der Waals surface area contributed by atoms with Crippen LogP contribution in [-0.2, 0) is 6.42 Å². The lowest BCUT2D eigenvalue weighted by molar-refractivity contribution is 0.255. The van der Waals surface area contributed by atoms with Crippen LogP contribution in [0.15, 0.2) is 6.20 Å². The van der Waals surface area contributed by atoms with Crippen LogP contribution in [0.4, 0.5) is 0 Å². The predicted octanol–water partition coefficient (Wildman–Crippen LogP) is 4.06. The fourth-order valence-corrected chi connectivity index (χ4v) is 4.84. The molecule has 1 saturated heterocycles. The summed E-state index contributed by atoms with van der Waals surface area (Å²) in [5.41, 5.74) is 2.94. The first-order valence-electron chi connectivity index (χ1n) is 8.30. The molecule has 3 nitrogen and oxygen atoms in total. The third-order valence-electron chi connectivity index (χ3n) is 4.61. The van der Waals surface area contributed by atoms with Crippen molar-refractivity contribution in [2.24, 2.45) is 5.41 Å². The number of fused-ring (bicyclic) bond motifs is 1. The molecule has 1 aliphatic heterocycles. The van der Waals surface area contributed by atoms with Gasteiger partial charge in [-0.2, -0.15) is 11.8 Å². The van der Waals surface area contributed by atoms with E-state index in [0.29, 0.717) is 16.7 Å². The van der Waals surface area contributed by atoms with E-state index in [2.05, 4.69) is 32.3 Å². The highest BCUT2D eigenvalue weighted by molar-refractivity contribution is 7.99. The molecule has 3 rings (SSSR count). The Labute approximate surface area is 132 Å². The lowest BCUT2D eigenvalue weighted by Crippen LogP contribution is -2.34.